The summed E-state index contributed by atoms with van der Waals surface area (Å²) in [5, 5.41) is 7.82. The summed E-state index contributed by atoms with van der Waals surface area (Å²) in [5.74, 6) is -0.137. The molecule has 0 spiro atoms. The van der Waals surface area contributed by atoms with Gasteiger partial charge >= 0.3 is 0 Å². The smallest absolute Gasteiger partial charge is 0.243 e. The van der Waals surface area contributed by atoms with Crippen molar-refractivity contribution >= 4 is 28.3 Å². The number of amides is 2. The molecule has 26 heavy (non-hydrogen) atoms. The molecule has 1 aromatic heterocycles. The molecule has 5 heteroatoms. The molecule has 4 rings (SSSR count). The van der Waals surface area contributed by atoms with Crippen LogP contribution in [0.1, 0.15) is 17.9 Å². The Morgan fingerprint density at radius 1 is 1.04 bits per heavy atom. The molecular formula is C21H19N3O2. The van der Waals surface area contributed by atoms with Gasteiger partial charge in [-0.2, -0.15) is 0 Å². The molecule has 0 radical (unpaired) electrons. The Hall–Kier alpha value is -3.21. The molecular weight excluding hydrogens is 326 g/mol. The van der Waals surface area contributed by atoms with Crippen molar-refractivity contribution in [1.82, 2.24) is 10.3 Å². The van der Waals surface area contributed by atoms with Crippen LogP contribution in [0.5, 0.6) is 0 Å². The van der Waals surface area contributed by atoms with Crippen molar-refractivity contribution in [1.29, 1.82) is 0 Å². The van der Waals surface area contributed by atoms with Crippen molar-refractivity contribution in [3.63, 3.8) is 0 Å². The molecule has 0 unspecified atom stereocenters. The van der Waals surface area contributed by atoms with Crippen LogP contribution in [-0.4, -0.2) is 23.3 Å². The van der Waals surface area contributed by atoms with E-state index in [0.29, 0.717) is 5.69 Å². The fourth-order valence-corrected chi connectivity index (χ4v) is 3.23. The van der Waals surface area contributed by atoms with E-state index in [0.717, 1.165) is 6.42 Å². The average molecular weight is 345 g/mol. The van der Waals surface area contributed by atoms with Crippen LogP contribution in [0.15, 0.2) is 67.0 Å². The van der Waals surface area contributed by atoms with E-state index < -0.39 is 0 Å². The highest BCUT2D eigenvalue weighted by Gasteiger charge is 2.43. The lowest BCUT2D eigenvalue weighted by molar-refractivity contribution is -0.125. The highest BCUT2D eigenvalue weighted by Crippen LogP contribution is 2.48. The Kier molecular flexibility index (Phi) is 4.35. The number of pyridine rings is 1. The fraction of sp³-hybridized carbons (Fsp3) is 0.190. The molecule has 2 N–H and O–H groups in total. The van der Waals surface area contributed by atoms with Crippen molar-refractivity contribution in [2.45, 2.75) is 12.3 Å². The van der Waals surface area contributed by atoms with Crippen molar-refractivity contribution < 1.29 is 9.59 Å². The summed E-state index contributed by atoms with van der Waals surface area (Å²) in [6.07, 6.45) is 4.03. The largest absolute Gasteiger partial charge is 0.347 e. The van der Waals surface area contributed by atoms with E-state index in [-0.39, 0.29) is 30.2 Å². The highest BCUT2D eigenvalue weighted by molar-refractivity contribution is 5.95. The van der Waals surface area contributed by atoms with Gasteiger partial charge in [-0.3, -0.25) is 14.6 Å². The summed E-state index contributed by atoms with van der Waals surface area (Å²) in [5.41, 5.74) is 1.80. The zero-order valence-corrected chi connectivity index (χ0v) is 14.2. The van der Waals surface area contributed by atoms with Crippen LogP contribution in [-0.2, 0) is 9.59 Å². The van der Waals surface area contributed by atoms with E-state index in [4.69, 9.17) is 0 Å². The lowest BCUT2D eigenvalue weighted by atomic mass is 10.0. The van der Waals surface area contributed by atoms with Crippen molar-refractivity contribution in [3.8, 4) is 0 Å². The topological polar surface area (TPSA) is 71.1 Å². The maximum atomic E-state index is 12.3. The molecule has 1 aliphatic rings. The number of hydrogen-bond acceptors (Lipinski definition) is 3. The molecule has 2 atom stereocenters. The zero-order chi connectivity index (χ0) is 17.9. The predicted octanol–water partition coefficient (Wildman–Crippen LogP) is 3.09. The number of nitrogens with one attached hydrogen (secondary N) is 2. The van der Waals surface area contributed by atoms with Gasteiger partial charge in [0.25, 0.3) is 0 Å². The van der Waals surface area contributed by atoms with Crippen LogP contribution >= 0.6 is 0 Å². The number of benzene rings is 2. The van der Waals surface area contributed by atoms with Gasteiger partial charge in [0.1, 0.15) is 0 Å². The number of aromatic nitrogens is 1. The summed E-state index contributed by atoms with van der Waals surface area (Å²) in [6.45, 7) is -0.0331. The molecule has 1 aliphatic carbocycles. The molecule has 130 valence electrons. The van der Waals surface area contributed by atoms with Crippen LogP contribution in [0.4, 0.5) is 5.69 Å². The number of anilines is 1. The average Bonchev–Trinajstić information content (AvgIpc) is 3.47. The van der Waals surface area contributed by atoms with E-state index in [9.17, 15) is 9.59 Å². The number of fused-ring (bicyclic) bond motifs is 1. The Balaban J connectivity index is 1.31. The Labute approximate surface area is 151 Å². The second-order valence-electron chi connectivity index (χ2n) is 6.56. The Bertz CT molecular complexity index is 956. The molecule has 0 bridgehead atoms. The van der Waals surface area contributed by atoms with Crippen molar-refractivity contribution in [2.75, 3.05) is 11.9 Å². The van der Waals surface area contributed by atoms with Crippen LogP contribution < -0.4 is 10.6 Å². The summed E-state index contributed by atoms with van der Waals surface area (Å²) in [6, 6.07) is 18.0. The summed E-state index contributed by atoms with van der Waals surface area (Å²) >= 11 is 0. The summed E-state index contributed by atoms with van der Waals surface area (Å²) in [4.78, 5) is 28.1. The van der Waals surface area contributed by atoms with Gasteiger partial charge in [-0.05, 0) is 40.8 Å². The van der Waals surface area contributed by atoms with Gasteiger partial charge in [-0.15, -0.1) is 0 Å². The summed E-state index contributed by atoms with van der Waals surface area (Å²) < 4.78 is 0. The molecule has 2 amide bonds. The van der Waals surface area contributed by atoms with E-state index in [1.54, 1.807) is 24.5 Å². The normalized spacial score (nSPS) is 18.3. The monoisotopic (exact) mass is 345 g/mol. The van der Waals surface area contributed by atoms with Gasteiger partial charge in [0.15, 0.2) is 0 Å². The first-order valence-corrected chi connectivity index (χ1v) is 8.67. The minimum absolute atomic E-state index is 0.0331. The van der Waals surface area contributed by atoms with Crippen LogP contribution in [0.2, 0.25) is 0 Å². The Morgan fingerprint density at radius 2 is 1.88 bits per heavy atom. The number of rotatable bonds is 5. The van der Waals surface area contributed by atoms with E-state index in [1.165, 1.54) is 16.3 Å². The van der Waals surface area contributed by atoms with Crippen molar-refractivity contribution in [2.24, 2.45) is 5.92 Å². The van der Waals surface area contributed by atoms with E-state index in [2.05, 4.69) is 45.9 Å². The van der Waals surface area contributed by atoms with Gasteiger partial charge in [0.2, 0.25) is 11.8 Å². The third-order valence-electron chi connectivity index (χ3n) is 4.70. The molecule has 1 fully saturated rings. The minimum atomic E-state index is -0.255. The number of nitrogens with zero attached hydrogens (tertiary/aromatic N) is 1. The first kappa shape index (κ1) is 16.3. The van der Waals surface area contributed by atoms with Gasteiger partial charge in [0, 0.05) is 12.1 Å². The zero-order valence-electron chi connectivity index (χ0n) is 14.2. The standard InChI is InChI=1S/C21H19N3O2/c25-20(24-17-6-3-9-22-12-17)13-23-21(26)19-11-18(19)16-8-7-14-4-1-2-5-15(14)10-16/h1-10,12,18-19H,11,13H2,(H,23,26)(H,24,25)/t18-,19+/m1/s1. The molecule has 5 nitrogen and oxygen atoms in total. The van der Waals surface area contributed by atoms with Gasteiger partial charge in [0.05, 0.1) is 18.4 Å². The quantitative estimate of drug-likeness (QED) is 0.746. The molecule has 3 aromatic rings. The van der Waals surface area contributed by atoms with Crippen LogP contribution in [0.3, 0.4) is 0 Å². The SMILES string of the molecule is O=C(CNC(=O)[C@H]1C[C@@H]1c1ccc2ccccc2c1)Nc1cccnc1. The van der Waals surface area contributed by atoms with Crippen LogP contribution in [0, 0.1) is 5.92 Å². The number of hydrogen-bond donors (Lipinski definition) is 2. The Morgan fingerprint density at radius 3 is 2.69 bits per heavy atom. The predicted molar refractivity (Wildman–Crippen MR) is 101 cm³/mol. The number of carbonyl (C=O) groups excluding carboxylic acids is 2. The first-order valence-electron chi connectivity index (χ1n) is 8.67. The number of carbonyl (C=O) groups is 2. The highest BCUT2D eigenvalue weighted by atomic mass is 16.2. The van der Waals surface area contributed by atoms with Crippen LogP contribution in [0.25, 0.3) is 10.8 Å². The third-order valence-corrected chi connectivity index (χ3v) is 4.70. The molecule has 1 saturated carbocycles. The van der Waals surface area contributed by atoms with E-state index in [1.807, 2.05) is 12.1 Å². The lowest BCUT2D eigenvalue weighted by Gasteiger charge is -2.07. The molecule has 2 aromatic carbocycles. The molecule has 0 aliphatic heterocycles. The molecule has 0 saturated heterocycles. The maximum Gasteiger partial charge on any atom is 0.243 e. The lowest BCUT2D eigenvalue weighted by Crippen LogP contribution is -2.34. The summed E-state index contributed by atoms with van der Waals surface area (Å²) in [7, 11) is 0. The second kappa shape index (κ2) is 6.96. The minimum Gasteiger partial charge on any atom is -0.347 e. The fourth-order valence-electron chi connectivity index (χ4n) is 3.23. The van der Waals surface area contributed by atoms with Gasteiger partial charge in [-0.1, -0.05) is 42.5 Å². The molecule has 1 heterocycles. The van der Waals surface area contributed by atoms with E-state index >= 15 is 0 Å². The third kappa shape index (κ3) is 3.57. The first-order chi connectivity index (χ1) is 12.7. The van der Waals surface area contributed by atoms with Gasteiger partial charge in [-0.25, -0.2) is 0 Å². The second-order valence-corrected chi connectivity index (χ2v) is 6.56. The van der Waals surface area contributed by atoms with Crippen molar-refractivity contribution in [3.05, 3.63) is 72.6 Å². The van der Waals surface area contributed by atoms with Gasteiger partial charge < -0.3 is 10.6 Å². The maximum absolute atomic E-state index is 12.3.